The summed E-state index contributed by atoms with van der Waals surface area (Å²) in [5.74, 6) is 0. The fourth-order valence-corrected chi connectivity index (χ4v) is 5.08. The second kappa shape index (κ2) is 5.48. The SMILES string of the molecule is CCC1=CC[C]([Ru][C]2=C(C)C(CC)=CC2)=C1C. The molecule has 17 heavy (non-hydrogen) atoms. The summed E-state index contributed by atoms with van der Waals surface area (Å²) in [5.41, 5.74) is 6.40. The van der Waals surface area contributed by atoms with Gasteiger partial charge in [0.05, 0.1) is 0 Å². The minimum atomic E-state index is 0.322. The third-order valence-electron chi connectivity index (χ3n) is 3.78. The van der Waals surface area contributed by atoms with Gasteiger partial charge < -0.3 is 0 Å². The first-order valence-electron chi connectivity index (χ1n) is 6.58. The molecule has 2 aliphatic rings. The molecule has 0 fully saturated rings. The topological polar surface area (TPSA) is 0 Å². The van der Waals surface area contributed by atoms with Crippen LogP contribution in [0.3, 0.4) is 0 Å². The maximum absolute atomic E-state index is 2.44. The Kier molecular flexibility index (Phi) is 4.20. The van der Waals surface area contributed by atoms with Crippen LogP contribution >= 0.6 is 0 Å². The van der Waals surface area contributed by atoms with Gasteiger partial charge in [0.25, 0.3) is 0 Å². The molecular weight excluding hydrogens is 293 g/mol. The quantitative estimate of drug-likeness (QED) is 0.633. The van der Waals surface area contributed by atoms with Crippen LogP contribution in [0.4, 0.5) is 0 Å². The first-order valence-corrected chi connectivity index (χ1v) is 8.31. The van der Waals surface area contributed by atoms with Crippen LogP contribution in [0.2, 0.25) is 0 Å². The van der Waals surface area contributed by atoms with E-state index in [1.165, 1.54) is 25.7 Å². The molecule has 94 valence electrons. The van der Waals surface area contributed by atoms with Crippen molar-refractivity contribution < 1.29 is 17.1 Å². The molecule has 0 aromatic rings. The Morgan fingerprint density at radius 1 is 0.882 bits per heavy atom. The van der Waals surface area contributed by atoms with Gasteiger partial charge in [-0.1, -0.05) is 0 Å². The average Bonchev–Trinajstić information content (AvgIpc) is 2.85. The van der Waals surface area contributed by atoms with E-state index in [0.717, 1.165) is 0 Å². The molecule has 0 amide bonds. The van der Waals surface area contributed by atoms with Crippen LogP contribution in [0, 0.1) is 0 Å². The molecular formula is C16H22Ru. The zero-order valence-electron chi connectivity index (χ0n) is 11.3. The third kappa shape index (κ3) is 2.55. The summed E-state index contributed by atoms with van der Waals surface area (Å²) in [6, 6.07) is 0. The fourth-order valence-electron chi connectivity index (χ4n) is 2.53. The Morgan fingerprint density at radius 3 is 1.59 bits per heavy atom. The summed E-state index contributed by atoms with van der Waals surface area (Å²) in [6.07, 6.45) is 9.74. The standard InChI is InChI=1S/2C8H11.Ru/c2*1-3-8-6-4-5-7(8)2;/h2*6H,3-4H2,1-2H3;. The Labute approximate surface area is 113 Å². The van der Waals surface area contributed by atoms with Gasteiger partial charge in [-0.05, 0) is 0 Å². The molecule has 0 nitrogen and oxygen atoms in total. The molecule has 0 bridgehead atoms. The van der Waals surface area contributed by atoms with Crippen LogP contribution in [0.5, 0.6) is 0 Å². The molecule has 0 unspecified atom stereocenters. The monoisotopic (exact) mass is 316 g/mol. The average molecular weight is 315 g/mol. The van der Waals surface area contributed by atoms with Crippen LogP contribution in [-0.2, 0) is 17.1 Å². The molecule has 0 radical (unpaired) electrons. The molecule has 0 spiro atoms. The fraction of sp³-hybridized carbons (Fsp3) is 0.500. The van der Waals surface area contributed by atoms with E-state index in [9.17, 15) is 0 Å². The maximum atomic E-state index is 2.44. The van der Waals surface area contributed by atoms with Gasteiger partial charge in [0, 0.05) is 0 Å². The van der Waals surface area contributed by atoms with Gasteiger partial charge in [0.15, 0.2) is 0 Å². The van der Waals surface area contributed by atoms with E-state index in [2.05, 4.69) is 39.8 Å². The molecule has 2 rings (SSSR count). The summed E-state index contributed by atoms with van der Waals surface area (Å²) >= 11 is 0.322. The molecule has 0 aromatic heterocycles. The van der Waals surface area contributed by atoms with E-state index in [1.54, 1.807) is 30.6 Å². The summed E-state index contributed by atoms with van der Waals surface area (Å²) in [7, 11) is 0. The van der Waals surface area contributed by atoms with Crippen molar-refractivity contribution in [2.45, 2.75) is 53.4 Å². The number of allylic oxidation sites excluding steroid dienone is 8. The number of hydrogen-bond acceptors (Lipinski definition) is 0. The molecule has 0 saturated carbocycles. The number of hydrogen-bond donors (Lipinski definition) is 0. The Bertz CT molecular complexity index is 402. The van der Waals surface area contributed by atoms with Gasteiger partial charge in [0.1, 0.15) is 0 Å². The van der Waals surface area contributed by atoms with Crippen LogP contribution in [0.25, 0.3) is 0 Å². The van der Waals surface area contributed by atoms with E-state index in [-0.39, 0.29) is 0 Å². The Balaban J connectivity index is 2.11. The molecule has 1 heteroatoms. The predicted octanol–water partition coefficient (Wildman–Crippen LogP) is 5.10. The van der Waals surface area contributed by atoms with Crippen molar-refractivity contribution in [1.29, 1.82) is 0 Å². The van der Waals surface area contributed by atoms with Crippen molar-refractivity contribution in [2.24, 2.45) is 0 Å². The molecule has 2 aliphatic carbocycles. The molecule has 0 heterocycles. The third-order valence-corrected chi connectivity index (χ3v) is 6.84. The number of rotatable bonds is 4. The van der Waals surface area contributed by atoms with Gasteiger partial charge in [0.2, 0.25) is 0 Å². The Hall–Kier alpha value is -0.417. The van der Waals surface area contributed by atoms with E-state index >= 15 is 0 Å². The summed E-state index contributed by atoms with van der Waals surface area (Å²) in [4.78, 5) is 0. The summed E-state index contributed by atoms with van der Waals surface area (Å²) < 4.78 is 3.49. The second-order valence-corrected chi connectivity index (χ2v) is 7.23. The van der Waals surface area contributed by atoms with Crippen LogP contribution < -0.4 is 0 Å². The zero-order valence-corrected chi connectivity index (χ0v) is 13.1. The van der Waals surface area contributed by atoms with E-state index in [4.69, 9.17) is 0 Å². The van der Waals surface area contributed by atoms with Crippen LogP contribution in [0.15, 0.2) is 42.8 Å². The molecule has 0 N–H and O–H groups in total. The van der Waals surface area contributed by atoms with Crippen molar-refractivity contribution in [2.75, 3.05) is 0 Å². The summed E-state index contributed by atoms with van der Waals surface area (Å²) in [5, 5.41) is 0. The van der Waals surface area contributed by atoms with Gasteiger partial charge in [-0.3, -0.25) is 0 Å². The molecule has 0 atom stereocenters. The van der Waals surface area contributed by atoms with Crippen molar-refractivity contribution >= 4 is 0 Å². The van der Waals surface area contributed by atoms with Gasteiger partial charge in [-0.15, -0.1) is 0 Å². The van der Waals surface area contributed by atoms with E-state index < -0.39 is 0 Å². The van der Waals surface area contributed by atoms with Crippen molar-refractivity contribution in [3.8, 4) is 0 Å². The van der Waals surface area contributed by atoms with Crippen molar-refractivity contribution in [3.63, 3.8) is 0 Å². The second-order valence-electron chi connectivity index (χ2n) is 4.69. The van der Waals surface area contributed by atoms with E-state index in [0.29, 0.717) is 17.1 Å². The van der Waals surface area contributed by atoms with Crippen LogP contribution in [-0.4, -0.2) is 0 Å². The van der Waals surface area contributed by atoms with Gasteiger partial charge in [-0.2, -0.15) is 0 Å². The van der Waals surface area contributed by atoms with E-state index in [1.807, 2.05) is 0 Å². The van der Waals surface area contributed by atoms with Gasteiger partial charge in [-0.25, -0.2) is 0 Å². The normalized spacial score (nSPS) is 20.5. The van der Waals surface area contributed by atoms with Crippen molar-refractivity contribution in [3.05, 3.63) is 42.8 Å². The Morgan fingerprint density at radius 2 is 1.29 bits per heavy atom. The first-order chi connectivity index (χ1) is 8.17. The molecule has 0 aliphatic heterocycles. The molecule has 0 saturated heterocycles. The minimum absolute atomic E-state index is 0.322. The summed E-state index contributed by atoms with van der Waals surface area (Å²) in [6.45, 7) is 9.19. The predicted molar refractivity (Wildman–Crippen MR) is 71.4 cm³/mol. The zero-order chi connectivity index (χ0) is 12.4. The van der Waals surface area contributed by atoms with Gasteiger partial charge >= 0.3 is 113 Å². The van der Waals surface area contributed by atoms with Crippen molar-refractivity contribution in [1.82, 2.24) is 0 Å². The molecule has 0 aromatic carbocycles. The van der Waals surface area contributed by atoms with Crippen LogP contribution in [0.1, 0.15) is 53.4 Å². The first kappa shape index (κ1) is 13.0.